The van der Waals surface area contributed by atoms with E-state index < -0.39 is 30.3 Å². The topological polar surface area (TPSA) is 96.0 Å². The van der Waals surface area contributed by atoms with Crippen LogP contribution < -0.4 is 15.0 Å². The summed E-state index contributed by atoms with van der Waals surface area (Å²) in [4.78, 5) is 49.0. The number of urea groups is 1. The van der Waals surface area contributed by atoms with Crippen molar-refractivity contribution in [3.8, 4) is 18.1 Å². The van der Waals surface area contributed by atoms with Crippen molar-refractivity contribution < 1.29 is 23.9 Å². The summed E-state index contributed by atoms with van der Waals surface area (Å²) >= 11 is 0. The molecule has 8 nitrogen and oxygen atoms in total. The number of imide groups is 2. The molecule has 0 bridgehead atoms. The van der Waals surface area contributed by atoms with Crippen LogP contribution in [-0.4, -0.2) is 48.9 Å². The molecule has 118 valence electrons. The highest BCUT2D eigenvalue weighted by atomic mass is 16.5. The Kier molecular flexibility index (Phi) is 4.61. The van der Waals surface area contributed by atoms with Crippen LogP contribution in [0.4, 0.5) is 10.5 Å². The summed E-state index contributed by atoms with van der Waals surface area (Å²) in [6.45, 7) is -0.608. The van der Waals surface area contributed by atoms with Crippen molar-refractivity contribution in [2.45, 2.75) is 0 Å². The fourth-order valence-electron chi connectivity index (χ4n) is 1.95. The fourth-order valence-corrected chi connectivity index (χ4v) is 1.95. The molecule has 8 heteroatoms. The van der Waals surface area contributed by atoms with Crippen LogP contribution >= 0.6 is 0 Å². The van der Waals surface area contributed by atoms with Gasteiger partial charge in [0.15, 0.2) is 0 Å². The minimum absolute atomic E-state index is 0.0365. The molecule has 0 unspecified atom stereocenters. The average molecular weight is 315 g/mol. The van der Waals surface area contributed by atoms with Gasteiger partial charge in [-0.15, -0.1) is 6.42 Å². The number of rotatable bonds is 5. The first-order valence-electron chi connectivity index (χ1n) is 6.53. The summed E-state index contributed by atoms with van der Waals surface area (Å²) < 4.78 is 4.98. The minimum atomic E-state index is -1.07. The van der Waals surface area contributed by atoms with E-state index >= 15 is 0 Å². The first kappa shape index (κ1) is 16.0. The highest BCUT2D eigenvalue weighted by Crippen LogP contribution is 2.24. The Morgan fingerprint density at radius 1 is 1.22 bits per heavy atom. The van der Waals surface area contributed by atoms with Gasteiger partial charge < -0.3 is 10.1 Å². The van der Waals surface area contributed by atoms with Crippen LogP contribution in [0, 0.1) is 12.3 Å². The zero-order valence-corrected chi connectivity index (χ0v) is 12.2. The quantitative estimate of drug-likeness (QED) is 0.459. The van der Waals surface area contributed by atoms with E-state index in [9.17, 15) is 19.2 Å². The van der Waals surface area contributed by atoms with Gasteiger partial charge in [-0.1, -0.05) is 5.92 Å². The maximum Gasteiger partial charge on any atom is 0.339 e. The molecule has 2 rings (SSSR count). The Bertz CT molecular complexity index is 705. The second-order valence-corrected chi connectivity index (χ2v) is 4.49. The van der Waals surface area contributed by atoms with Crippen LogP contribution in [0.1, 0.15) is 0 Å². The molecule has 5 amide bonds. The van der Waals surface area contributed by atoms with E-state index in [-0.39, 0.29) is 12.2 Å². The standard InChI is InChI=1S/C15H13N3O5/c1-3-8-16-12(19)9-17-13(20)14(21)18(15(17)22)10-4-6-11(23-2)7-5-10/h1,4-7H,8-9H2,2H3,(H,16,19). The number of terminal acetylenes is 1. The molecule has 0 aromatic heterocycles. The van der Waals surface area contributed by atoms with Gasteiger partial charge in [0.05, 0.1) is 19.3 Å². The lowest BCUT2D eigenvalue weighted by Gasteiger charge is -2.15. The number of carbonyl (C=O) groups is 4. The maximum absolute atomic E-state index is 12.2. The van der Waals surface area contributed by atoms with Crippen molar-refractivity contribution in [1.29, 1.82) is 0 Å². The number of nitrogens with zero attached hydrogens (tertiary/aromatic N) is 2. The first-order valence-corrected chi connectivity index (χ1v) is 6.53. The average Bonchev–Trinajstić information content (AvgIpc) is 2.77. The number of ether oxygens (including phenoxy) is 1. The summed E-state index contributed by atoms with van der Waals surface area (Å²) in [6.07, 6.45) is 5.00. The van der Waals surface area contributed by atoms with E-state index in [1.165, 1.54) is 19.2 Å². The lowest BCUT2D eigenvalue weighted by Crippen LogP contribution is -2.41. The van der Waals surface area contributed by atoms with Crippen molar-refractivity contribution in [2.24, 2.45) is 0 Å². The van der Waals surface area contributed by atoms with Gasteiger partial charge in [0.1, 0.15) is 12.3 Å². The Morgan fingerprint density at radius 3 is 2.43 bits per heavy atom. The normalized spacial score (nSPS) is 14.0. The Morgan fingerprint density at radius 2 is 1.87 bits per heavy atom. The molecule has 1 aromatic carbocycles. The smallest absolute Gasteiger partial charge is 0.339 e. The highest BCUT2D eigenvalue weighted by molar-refractivity contribution is 6.53. The van der Waals surface area contributed by atoms with Gasteiger partial charge in [0, 0.05) is 0 Å². The number of hydrogen-bond donors (Lipinski definition) is 1. The number of carbonyl (C=O) groups excluding carboxylic acids is 4. The molecule has 1 aliphatic rings. The Labute approximate surface area is 132 Å². The predicted molar refractivity (Wildman–Crippen MR) is 79.4 cm³/mol. The molecule has 1 heterocycles. The monoisotopic (exact) mass is 315 g/mol. The van der Waals surface area contributed by atoms with Crippen LogP contribution in [0.5, 0.6) is 5.75 Å². The van der Waals surface area contributed by atoms with Crippen molar-refractivity contribution in [2.75, 3.05) is 25.1 Å². The number of hydrogen-bond acceptors (Lipinski definition) is 5. The molecule has 0 saturated carbocycles. The predicted octanol–water partition coefficient (Wildman–Crippen LogP) is -0.260. The van der Waals surface area contributed by atoms with Gasteiger partial charge in [-0.05, 0) is 24.3 Å². The van der Waals surface area contributed by atoms with Crippen LogP contribution in [0.2, 0.25) is 0 Å². The number of benzene rings is 1. The molecule has 1 saturated heterocycles. The number of nitrogens with one attached hydrogen (secondary N) is 1. The van der Waals surface area contributed by atoms with Crippen LogP contribution in [0.15, 0.2) is 24.3 Å². The summed E-state index contributed by atoms with van der Waals surface area (Å²) in [7, 11) is 1.47. The molecule has 1 aromatic rings. The Hall–Kier alpha value is -3.34. The third-order valence-corrected chi connectivity index (χ3v) is 3.07. The van der Waals surface area contributed by atoms with E-state index in [2.05, 4.69) is 11.2 Å². The fraction of sp³-hybridized carbons (Fsp3) is 0.200. The van der Waals surface area contributed by atoms with Crippen molar-refractivity contribution in [3.63, 3.8) is 0 Å². The zero-order chi connectivity index (χ0) is 17.0. The summed E-state index contributed by atoms with van der Waals surface area (Å²) in [5.74, 6) is 0.00109. The van der Waals surface area contributed by atoms with E-state index in [0.717, 1.165) is 0 Å². The summed E-state index contributed by atoms with van der Waals surface area (Å²) in [6, 6.07) is 5.12. The summed E-state index contributed by atoms with van der Waals surface area (Å²) in [5, 5.41) is 2.32. The second-order valence-electron chi connectivity index (χ2n) is 4.49. The number of anilines is 1. The first-order chi connectivity index (χ1) is 11.0. The van der Waals surface area contributed by atoms with E-state index in [4.69, 9.17) is 11.2 Å². The van der Waals surface area contributed by atoms with Crippen molar-refractivity contribution >= 4 is 29.4 Å². The third-order valence-electron chi connectivity index (χ3n) is 3.07. The van der Waals surface area contributed by atoms with Gasteiger partial charge in [-0.25, -0.2) is 14.6 Å². The molecule has 1 fully saturated rings. The van der Waals surface area contributed by atoms with Gasteiger partial charge in [0.2, 0.25) is 5.91 Å². The lowest BCUT2D eigenvalue weighted by molar-refractivity contribution is -0.140. The van der Waals surface area contributed by atoms with Crippen molar-refractivity contribution in [1.82, 2.24) is 10.2 Å². The number of amides is 5. The van der Waals surface area contributed by atoms with Gasteiger partial charge in [-0.2, -0.15) is 0 Å². The zero-order valence-electron chi connectivity index (χ0n) is 12.2. The van der Waals surface area contributed by atoms with Crippen LogP contribution in [-0.2, 0) is 14.4 Å². The summed E-state index contributed by atoms with van der Waals surface area (Å²) in [5.41, 5.74) is 0.209. The molecule has 0 spiro atoms. The van der Waals surface area contributed by atoms with E-state index in [1.807, 2.05) is 0 Å². The molecule has 0 radical (unpaired) electrons. The van der Waals surface area contributed by atoms with Gasteiger partial charge >= 0.3 is 17.8 Å². The molecular weight excluding hydrogens is 302 g/mol. The lowest BCUT2D eigenvalue weighted by atomic mass is 10.3. The van der Waals surface area contributed by atoms with E-state index in [0.29, 0.717) is 15.5 Å². The second kappa shape index (κ2) is 6.62. The SMILES string of the molecule is C#CCNC(=O)CN1C(=O)C(=O)N(c2ccc(OC)cc2)C1=O. The molecular formula is C15H13N3O5. The third kappa shape index (κ3) is 3.13. The van der Waals surface area contributed by atoms with Gasteiger partial charge in [-0.3, -0.25) is 14.4 Å². The highest BCUT2D eigenvalue weighted by Gasteiger charge is 2.46. The van der Waals surface area contributed by atoms with Crippen LogP contribution in [0.3, 0.4) is 0 Å². The molecule has 23 heavy (non-hydrogen) atoms. The molecule has 0 aliphatic carbocycles. The molecule has 1 aliphatic heterocycles. The van der Waals surface area contributed by atoms with Crippen molar-refractivity contribution in [3.05, 3.63) is 24.3 Å². The molecule has 0 atom stereocenters. The minimum Gasteiger partial charge on any atom is -0.497 e. The largest absolute Gasteiger partial charge is 0.497 e. The van der Waals surface area contributed by atoms with Gasteiger partial charge in [0.25, 0.3) is 0 Å². The number of methoxy groups -OCH3 is 1. The maximum atomic E-state index is 12.2. The van der Waals surface area contributed by atoms with E-state index in [1.54, 1.807) is 12.1 Å². The Balaban J connectivity index is 2.18. The molecule has 1 N–H and O–H groups in total. The van der Waals surface area contributed by atoms with Crippen LogP contribution in [0.25, 0.3) is 0 Å².